The highest BCUT2D eigenvalue weighted by Gasteiger charge is 2.22. The van der Waals surface area contributed by atoms with Gasteiger partial charge in [0.25, 0.3) is 0 Å². The molecule has 1 fully saturated rings. The van der Waals surface area contributed by atoms with Crippen LogP contribution in [0.15, 0.2) is 22.7 Å². The molecule has 1 aliphatic rings. The van der Waals surface area contributed by atoms with Crippen molar-refractivity contribution in [3.8, 4) is 0 Å². The van der Waals surface area contributed by atoms with Gasteiger partial charge in [0, 0.05) is 32.7 Å². The normalized spacial score (nSPS) is 18.9. The first kappa shape index (κ1) is 15.8. The van der Waals surface area contributed by atoms with Gasteiger partial charge in [-0.1, -0.05) is 18.3 Å². The first-order valence-corrected chi connectivity index (χ1v) is 7.87. The summed E-state index contributed by atoms with van der Waals surface area (Å²) in [5.74, 6) is -0.219. The summed E-state index contributed by atoms with van der Waals surface area (Å²) >= 11 is 8.27. The molecule has 0 aromatic heterocycles. The summed E-state index contributed by atoms with van der Waals surface area (Å²) in [6.07, 6.45) is 0. The van der Waals surface area contributed by atoms with Crippen molar-refractivity contribution in [1.29, 1.82) is 0 Å². The van der Waals surface area contributed by atoms with Crippen LogP contribution in [0.25, 0.3) is 0 Å². The highest BCUT2D eigenvalue weighted by atomic mass is 79.9. The Morgan fingerprint density at radius 3 is 2.60 bits per heavy atom. The second-order valence-corrected chi connectivity index (χ2v) is 6.46. The van der Waals surface area contributed by atoms with Crippen LogP contribution >= 0.6 is 28.1 Å². The molecule has 110 valence electrons. The lowest BCUT2D eigenvalue weighted by atomic mass is 10.1. The quantitative estimate of drug-likeness (QED) is 0.836. The third kappa shape index (κ3) is 3.97. The van der Waals surface area contributed by atoms with Crippen molar-refractivity contribution in [3.63, 3.8) is 0 Å². The van der Waals surface area contributed by atoms with E-state index in [4.69, 9.17) is 18.0 Å². The van der Waals surface area contributed by atoms with E-state index in [0.717, 1.165) is 38.3 Å². The molecule has 2 rings (SSSR count). The van der Waals surface area contributed by atoms with Gasteiger partial charge in [0.2, 0.25) is 0 Å². The molecule has 0 radical (unpaired) electrons. The van der Waals surface area contributed by atoms with Gasteiger partial charge in [0.05, 0.1) is 15.5 Å². The number of piperazine rings is 1. The maximum Gasteiger partial charge on any atom is 0.137 e. The molecule has 1 aromatic carbocycles. The number of benzene rings is 1. The zero-order chi connectivity index (χ0) is 14.7. The highest BCUT2D eigenvalue weighted by Crippen LogP contribution is 2.18. The molecule has 6 heteroatoms. The van der Waals surface area contributed by atoms with E-state index in [0.29, 0.717) is 9.46 Å². The van der Waals surface area contributed by atoms with Crippen LogP contribution in [-0.4, -0.2) is 47.0 Å². The molecule has 0 amide bonds. The van der Waals surface area contributed by atoms with Gasteiger partial charge in [-0.2, -0.15) is 0 Å². The Bertz CT molecular complexity index is 489. The SMILES string of the molecule is CC(C(N)=S)N1CCN(Cc2ccc(F)c(Br)c2)CC1. The lowest BCUT2D eigenvalue weighted by Gasteiger charge is -2.37. The van der Waals surface area contributed by atoms with Crippen LogP contribution in [0.3, 0.4) is 0 Å². The van der Waals surface area contributed by atoms with Gasteiger partial charge >= 0.3 is 0 Å². The average Bonchev–Trinajstić information content (AvgIpc) is 2.43. The number of nitrogens with zero attached hydrogens (tertiary/aromatic N) is 2. The molecule has 0 bridgehead atoms. The maximum absolute atomic E-state index is 13.2. The van der Waals surface area contributed by atoms with E-state index in [1.165, 1.54) is 6.07 Å². The fourth-order valence-corrected chi connectivity index (χ4v) is 2.96. The van der Waals surface area contributed by atoms with E-state index in [1.54, 1.807) is 0 Å². The number of thiocarbonyl (C=S) groups is 1. The molecule has 2 N–H and O–H groups in total. The topological polar surface area (TPSA) is 32.5 Å². The van der Waals surface area contributed by atoms with Crippen LogP contribution in [0.1, 0.15) is 12.5 Å². The summed E-state index contributed by atoms with van der Waals surface area (Å²) in [4.78, 5) is 5.22. The molecule has 1 unspecified atom stereocenters. The van der Waals surface area contributed by atoms with Crippen LogP contribution in [-0.2, 0) is 6.54 Å². The van der Waals surface area contributed by atoms with Gasteiger partial charge in [-0.3, -0.25) is 9.80 Å². The number of nitrogens with two attached hydrogens (primary N) is 1. The van der Waals surface area contributed by atoms with E-state index in [1.807, 2.05) is 12.1 Å². The van der Waals surface area contributed by atoms with Crippen LogP contribution in [0, 0.1) is 5.82 Å². The summed E-state index contributed by atoms with van der Waals surface area (Å²) in [6.45, 7) is 6.76. The standard InChI is InChI=1S/C14H19BrFN3S/c1-10(14(17)20)19-6-4-18(5-7-19)9-11-2-3-13(16)12(15)8-11/h2-3,8,10H,4-7,9H2,1H3,(H2,17,20). The first-order chi connectivity index (χ1) is 9.47. The fraction of sp³-hybridized carbons (Fsp3) is 0.500. The average molecular weight is 360 g/mol. The van der Waals surface area contributed by atoms with E-state index in [-0.39, 0.29) is 11.9 Å². The van der Waals surface area contributed by atoms with Gasteiger partial charge in [-0.15, -0.1) is 0 Å². The number of halogens is 2. The predicted molar refractivity (Wildman–Crippen MR) is 87.2 cm³/mol. The molecule has 3 nitrogen and oxygen atoms in total. The minimum Gasteiger partial charge on any atom is -0.392 e. The molecule has 1 atom stereocenters. The lowest BCUT2D eigenvalue weighted by molar-refractivity contribution is 0.118. The van der Waals surface area contributed by atoms with Gasteiger partial charge in [0.15, 0.2) is 0 Å². The van der Waals surface area contributed by atoms with Crippen LogP contribution < -0.4 is 5.73 Å². The minimum absolute atomic E-state index is 0.159. The van der Waals surface area contributed by atoms with Crippen molar-refractivity contribution in [2.45, 2.75) is 19.5 Å². The molecular weight excluding hydrogens is 341 g/mol. The molecule has 20 heavy (non-hydrogen) atoms. The number of hydrogen-bond donors (Lipinski definition) is 1. The summed E-state index contributed by atoms with van der Waals surface area (Å²) < 4.78 is 13.7. The molecule has 1 saturated heterocycles. The Morgan fingerprint density at radius 2 is 2.05 bits per heavy atom. The number of hydrogen-bond acceptors (Lipinski definition) is 3. The highest BCUT2D eigenvalue weighted by molar-refractivity contribution is 9.10. The van der Waals surface area contributed by atoms with Gasteiger partial charge in [-0.25, -0.2) is 4.39 Å². The van der Waals surface area contributed by atoms with Crippen molar-refractivity contribution >= 4 is 33.1 Å². The minimum atomic E-state index is -0.219. The third-order valence-corrected chi connectivity index (χ3v) is 4.71. The Labute approximate surface area is 133 Å². The molecular formula is C14H19BrFN3S. The smallest absolute Gasteiger partial charge is 0.137 e. The Balaban J connectivity index is 1.88. The first-order valence-electron chi connectivity index (χ1n) is 6.67. The maximum atomic E-state index is 13.2. The molecule has 0 spiro atoms. The van der Waals surface area contributed by atoms with Crippen molar-refractivity contribution in [2.75, 3.05) is 26.2 Å². The lowest BCUT2D eigenvalue weighted by Crippen LogP contribution is -2.52. The van der Waals surface area contributed by atoms with Crippen molar-refractivity contribution in [3.05, 3.63) is 34.1 Å². The molecule has 1 heterocycles. The zero-order valence-corrected chi connectivity index (χ0v) is 13.9. The Morgan fingerprint density at radius 1 is 1.40 bits per heavy atom. The van der Waals surface area contributed by atoms with Crippen LogP contribution in [0.2, 0.25) is 0 Å². The summed E-state index contributed by atoms with van der Waals surface area (Å²) in [5.41, 5.74) is 6.81. The predicted octanol–water partition coefficient (Wildman–Crippen LogP) is 2.38. The largest absolute Gasteiger partial charge is 0.392 e. The molecule has 0 saturated carbocycles. The van der Waals surface area contributed by atoms with E-state index >= 15 is 0 Å². The number of rotatable bonds is 4. The fourth-order valence-electron chi connectivity index (χ4n) is 2.38. The van der Waals surface area contributed by atoms with Gasteiger partial charge < -0.3 is 5.73 Å². The van der Waals surface area contributed by atoms with E-state index < -0.39 is 0 Å². The molecule has 1 aromatic rings. The third-order valence-electron chi connectivity index (χ3n) is 3.76. The van der Waals surface area contributed by atoms with Crippen LogP contribution in [0.4, 0.5) is 4.39 Å². The van der Waals surface area contributed by atoms with Crippen molar-refractivity contribution in [2.24, 2.45) is 5.73 Å². The van der Waals surface area contributed by atoms with E-state index in [9.17, 15) is 4.39 Å². The van der Waals surface area contributed by atoms with Crippen molar-refractivity contribution < 1.29 is 4.39 Å². The second kappa shape index (κ2) is 6.93. The van der Waals surface area contributed by atoms with Gasteiger partial charge in [0.1, 0.15) is 5.82 Å². The van der Waals surface area contributed by atoms with Crippen molar-refractivity contribution in [1.82, 2.24) is 9.80 Å². The monoisotopic (exact) mass is 359 g/mol. The zero-order valence-electron chi connectivity index (χ0n) is 11.5. The van der Waals surface area contributed by atoms with Crippen LogP contribution in [0.5, 0.6) is 0 Å². The second-order valence-electron chi connectivity index (χ2n) is 5.14. The van der Waals surface area contributed by atoms with Gasteiger partial charge in [-0.05, 0) is 40.5 Å². The molecule has 0 aliphatic carbocycles. The summed E-state index contributed by atoms with van der Waals surface area (Å²) in [6, 6.07) is 5.35. The molecule has 1 aliphatic heterocycles. The Hall–Kier alpha value is -0.560. The Kier molecular flexibility index (Phi) is 5.49. The van der Waals surface area contributed by atoms with E-state index in [2.05, 4.69) is 32.7 Å². The summed E-state index contributed by atoms with van der Waals surface area (Å²) in [5, 5.41) is 0. The summed E-state index contributed by atoms with van der Waals surface area (Å²) in [7, 11) is 0.